The molecule has 2 N–H and O–H groups in total. The van der Waals surface area contributed by atoms with Gasteiger partial charge in [0.2, 0.25) is 5.91 Å². The van der Waals surface area contributed by atoms with Crippen molar-refractivity contribution in [1.82, 2.24) is 0 Å². The lowest BCUT2D eigenvalue weighted by Crippen LogP contribution is -2.30. The van der Waals surface area contributed by atoms with Crippen molar-refractivity contribution in [3.05, 3.63) is 23.2 Å². The number of aliphatic carboxylic acids is 1. The fraction of sp³-hybridized carbons (Fsp3) is 0.429. The molecule has 2 rings (SSSR count). The van der Waals surface area contributed by atoms with Crippen LogP contribution in [0, 0.1) is 11.8 Å². The Morgan fingerprint density at radius 1 is 1.35 bits per heavy atom. The highest BCUT2D eigenvalue weighted by atomic mass is 35.5. The molecule has 5 nitrogen and oxygen atoms in total. The van der Waals surface area contributed by atoms with Crippen LogP contribution in [-0.2, 0) is 9.59 Å². The molecular formula is C14H16ClNO4. The molecule has 0 aliphatic heterocycles. The number of anilines is 1. The molecule has 20 heavy (non-hydrogen) atoms. The summed E-state index contributed by atoms with van der Waals surface area (Å²) in [4.78, 5) is 23.4. The van der Waals surface area contributed by atoms with Crippen LogP contribution in [0.2, 0.25) is 5.02 Å². The first-order valence-corrected chi connectivity index (χ1v) is 6.78. The fourth-order valence-corrected chi connectivity index (χ4v) is 2.74. The van der Waals surface area contributed by atoms with Gasteiger partial charge in [-0.3, -0.25) is 9.59 Å². The number of methoxy groups -OCH3 is 1. The van der Waals surface area contributed by atoms with E-state index in [1.807, 2.05) is 0 Å². The number of carboxylic acids is 1. The lowest BCUT2D eigenvalue weighted by molar-refractivity contribution is -0.145. The Morgan fingerprint density at radius 2 is 2.05 bits per heavy atom. The third-order valence-corrected chi connectivity index (χ3v) is 3.82. The van der Waals surface area contributed by atoms with Crippen molar-refractivity contribution < 1.29 is 19.4 Å². The highest BCUT2D eigenvalue weighted by molar-refractivity contribution is 6.31. The predicted molar refractivity (Wildman–Crippen MR) is 75.1 cm³/mol. The second kappa shape index (κ2) is 6.13. The van der Waals surface area contributed by atoms with Crippen LogP contribution < -0.4 is 10.1 Å². The van der Waals surface area contributed by atoms with Gasteiger partial charge in [-0.25, -0.2) is 0 Å². The maximum Gasteiger partial charge on any atom is 0.307 e. The zero-order chi connectivity index (χ0) is 14.7. The Kier molecular flexibility index (Phi) is 4.49. The summed E-state index contributed by atoms with van der Waals surface area (Å²) in [7, 11) is 1.49. The van der Waals surface area contributed by atoms with Crippen molar-refractivity contribution >= 4 is 29.2 Å². The van der Waals surface area contributed by atoms with Crippen LogP contribution in [-0.4, -0.2) is 24.1 Å². The molecule has 1 aromatic carbocycles. The van der Waals surface area contributed by atoms with Crippen LogP contribution in [0.5, 0.6) is 5.75 Å². The molecule has 0 aromatic heterocycles. The van der Waals surface area contributed by atoms with Crippen molar-refractivity contribution in [3.8, 4) is 5.75 Å². The number of carboxylic acid groups (broad SMARTS) is 1. The third-order valence-electron chi connectivity index (χ3n) is 3.59. The van der Waals surface area contributed by atoms with Gasteiger partial charge in [0.1, 0.15) is 5.75 Å². The van der Waals surface area contributed by atoms with Gasteiger partial charge < -0.3 is 15.2 Å². The molecule has 0 spiro atoms. The highest BCUT2D eigenvalue weighted by Gasteiger charge is 2.37. The number of benzene rings is 1. The lowest BCUT2D eigenvalue weighted by atomic mass is 9.95. The Morgan fingerprint density at radius 3 is 2.70 bits per heavy atom. The second-order valence-electron chi connectivity index (χ2n) is 4.82. The third kappa shape index (κ3) is 3.04. The van der Waals surface area contributed by atoms with Gasteiger partial charge >= 0.3 is 5.97 Å². The van der Waals surface area contributed by atoms with Crippen molar-refractivity contribution in [1.29, 1.82) is 0 Å². The average molecular weight is 298 g/mol. The Bertz CT molecular complexity index is 532. The van der Waals surface area contributed by atoms with Gasteiger partial charge in [-0.1, -0.05) is 18.0 Å². The van der Waals surface area contributed by atoms with Gasteiger partial charge in [0, 0.05) is 5.02 Å². The molecule has 1 saturated carbocycles. The van der Waals surface area contributed by atoms with E-state index in [9.17, 15) is 9.59 Å². The fourth-order valence-electron chi connectivity index (χ4n) is 2.57. The van der Waals surface area contributed by atoms with Crippen molar-refractivity contribution in [3.63, 3.8) is 0 Å². The van der Waals surface area contributed by atoms with Crippen molar-refractivity contribution in [2.24, 2.45) is 11.8 Å². The van der Waals surface area contributed by atoms with E-state index in [1.54, 1.807) is 18.2 Å². The van der Waals surface area contributed by atoms with Crippen LogP contribution in [0.1, 0.15) is 19.3 Å². The largest absolute Gasteiger partial charge is 0.495 e. The lowest BCUT2D eigenvalue weighted by Gasteiger charge is -2.17. The number of nitrogens with one attached hydrogen (secondary N) is 1. The normalized spacial score (nSPS) is 21.5. The Labute approximate surface area is 121 Å². The number of carbonyl (C=O) groups is 2. The molecule has 0 unspecified atom stereocenters. The molecule has 0 radical (unpaired) electrons. The van der Waals surface area contributed by atoms with Crippen LogP contribution in [0.3, 0.4) is 0 Å². The maximum atomic E-state index is 12.2. The number of hydrogen-bond acceptors (Lipinski definition) is 3. The number of rotatable bonds is 4. The first-order valence-electron chi connectivity index (χ1n) is 6.40. The first-order chi connectivity index (χ1) is 9.52. The SMILES string of the molecule is COc1ccc(Cl)cc1NC(=O)[C@@H]1CCC[C@@H]1C(=O)O. The van der Waals surface area contributed by atoms with Gasteiger partial charge in [0.05, 0.1) is 24.6 Å². The van der Waals surface area contributed by atoms with Gasteiger partial charge in [-0.05, 0) is 31.0 Å². The number of carbonyl (C=O) groups excluding carboxylic acids is 1. The molecular weight excluding hydrogens is 282 g/mol. The molecule has 0 saturated heterocycles. The van der Waals surface area contributed by atoms with E-state index in [0.717, 1.165) is 6.42 Å². The van der Waals surface area contributed by atoms with E-state index >= 15 is 0 Å². The molecule has 0 bridgehead atoms. The van der Waals surface area contributed by atoms with Crippen LogP contribution in [0.25, 0.3) is 0 Å². The van der Waals surface area contributed by atoms with Gasteiger partial charge in [0.15, 0.2) is 0 Å². The summed E-state index contributed by atoms with van der Waals surface area (Å²) >= 11 is 5.90. The molecule has 0 heterocycles. The summed E-state index contributed by atoms with van der Waals surface area (Å²) in [5.41, 5.74) is 0.459. The standard InChI is InChI=1S/C14H16ClNO4/c1-20-12-6-5-8(15)7-11(12)16-13(17)9-3-2-4-10(9)14(18)19/h5-7,9-10H,2-4H2,1H3,(H,16,17)(H,18,19)/t9-,10+/m1/s1. The van der Waals surface area contributed by atoms with Crippen molar-refractivity contribution in [2.75, 3.05) is 12.4 Å². The minimum absolute atomic E-state index is 0.296. The molecule has 1 aliphatic rings. The monoisotopic (exact) mass is 297 g/mol. The minimum Gasteiger partial charge on any atom is -0.495 e. The smallest absolute Gasteiger partial charge is 0.307 e. The molecule has 6 heteroatoms. The number of amides is 1. The summed E-state index contributed by atoms with van der Waals surface area (Å²) in [5.74, 6) is -1.83. The van der Waals surface area contributed by atoms with E-state index in [0.29, 0.717) is 29.3 Å². The van der Waals surface area contributed by atoms with E-state index in [1.165, 1.54) is 7.11 Å². The van der Waals surface area contributed by atoms with E-state index in [-0.39, 0.29) is 5.91 Å². The van der Waals surface area contributed by atoms with Crippen molar-refractivity contribution in [2.45, 2.75) is 19.3 Å². The van der Waals surface area contributed by atoms with E-state index in [2.05, 4.69) is 5.32 Å². The topological polar surface area (TPSA) is 75.6 Å². The molecule has 1 fully saturated rings. The number of hydrogen-bond donors (Lipinski definition) is 2. The summed E-state index contributed by atoms with van der Waals surface area (Å²) in [6, 6.07) is 4.90. The molecule has 1 aromatic rings. The average Bonchev–Trinajstić information content (AvgIpc) is 2.88. The quantitative estimate of drug-likeness (QED) is 0.896. The molecule has 1 aliphatic carbocycles. The Hall–Kier alpha value is -1.75. The Balaban J connectivity index is 2.15. The molecule has 2 atom stereocenters. The van der Waals surface area contributed by atoms with Gasteiger partial charge in [-0.2, -0.15) is 0 Å². The predicted octanol–water partition coefficient (Wildman–Crippen LogP) is 2.79. The number of ether oxygens (including phenoxy) is 1. The van der Waals surface area contributed by atoms with Gasteiger partial charge in [-0.15, -0.1) is 0 Å². The van der Waals surface area contributed by atoms with E-state index < -0.39 is 17.8 Å². The molecule has 1 amide bonds. The molecule has 108 valence electrons. The first kappa shape index (κ1) is 14.7. The zero-order valence-electron chi connectivity index (χ0n) is 11.1. The second-order valence-corrected chi connectivity index (χ2v) is 5.25. The van der Waals surface area contributed by atoms with Crippen LogP contribution in [0.15, 0.2) is 18.2 Å². The zero-order valence-corrected chi connectivity index (χ0v) is 11.8. The minimum atomic E-state index is -0.916. The maximum absolute atomic E-state index is 12.2. The highest BCUT2D eigenvalue weighted by Crippen LogP contribution is 2.34. The van der Waals surface area contributed by atoms with Gasteiger partial charge in [0.25, 0.3) is 0 Å². The summed E-state index contributed by atoms with van der Waals surface area (Å²) in [5, 5.41) is 12.3. The summed E-state index contributed by atoms with van der Waals surface area (Å²) in [6.45, 7) is 0. The van der Waals surface area contributed by atoms with E-state index in [4.69, 9.17) is 21.4 Å². The van der Waals surface area contributed by atoms with Crippen LogP contribution >= 0.6 is 11.6 Å². The number of halogens is 1. The summed E-state index contributed by atoms with van der Waals surface area (Å²) < 4.78 is 5.15. The summed E-state index contributed by atoms with van der Waals surface area (Å²) in [6.07, 6.45) is 1.88. The van der Waals surface area contributed by atoms with Crippen LogP contribution in [0.4, 0.5) is 5.69 Å².